The molecule has 0 radical (unpaired) electrons. The quantitative estimate of drug-likeness (QED) is 0.418. The molecule has 0 aliphatic heterocycles. The molecule has 6 heteroatoms. The summed E-state index contributed by atoms with van der Waals surface area (Å²) in [5, 5.41) is 11.3. The van der Waals surface area contributed by atoms with Gasteiger partial charge < -0.3 is 24.6 Å². The van der Waals surface area contributed by atoms with E-state index in [9.17, 15) is 4.79 Å². The smallest absolute Gasteiger partial charge is 0.220 e. The molecular formula is C15H31NO5. The largest absolute Gasteiger partial charge is 0.394 e. The van der Waals surface area contributed by atoms with E-state index in [4.69, 9.17) is 19.3 Å². The number of amides is 1. The van der Waals surface area contributed by atoms with Gasteiger partial charge in [-0.05, 0) is 6.42 Å². The van der Waals surface area contributed by atoms with Gasteiger partial charge in [0, 0.05) is 13.0 Å². The highest BCUT2D eigenvalue weighted by molar-refractivity contribution is 5.75. The van der Waals surface area contributed by atoms with E-state index in [0.717, 1.165) is 12.8 Å². The number of unbranched alkanes of at least 4 members (excludes halogenated alkanes) is 3. The molecule has 0 aromatic carbocycles. The summed E-state index contributed by atoms with van der Waals surface area (Å²) in [6.45, 7) is 5.58. The summed E-state index contributed by atoms with van der Waals surface area (Å²) in [7, 11) is 0. The van der Waals surface area contributed by atoms with E-state index >= 15 is 0 Å². The van der Waals surface area contributed by atoms with Crippen LogP contribution in [0.25, 0.3) is 0 Å². The molecule has 0 saturated carbocycles. The Hall–Kier alpha value is -0.690. The lowest BCUT2D eigenvalue weighted by molar-refractivity contribution is -0.121. The molecule has 0 atom stereocenters. The van der Waals surface area contributed by atoms with Gasteiger partial charge in [-0.3, -0.25) is 4.79 Å². The van der Waals surface area contributed by atoms with E-state index in [1.165, 1.54) is 12.8 Å². The number of hydrogen-bond acceptors (Lipinski definition) is 5. The zero-order valence-corrected chi connectivity index (χ0v) is 13.3. The van der Waals surface area contributed by atoms with Crippen molar-refractivity contribution in [2.45, 2.75) is 39.0 Å². The van der Waals surface area contributed by atoms with Crippen molar-refractivity contribution in [2.24, 2.45) is 0 Å². The molecular weight excluding hydrogens is 274 g/mol. The summed E-state index contributed by atoms with van der Waals surface area (Å²) in [6.07, 6.45) is 5.08. The van der Waals surface area contributed by atoms with Gasteiger partial charge in [-0.2, -0.15) is 0 Å². The van der Waals surface area contributed by atoms with Crippen LogP contribution in [0, 0.1) is 0 Å². The Morgan fingerprint density at radius 2 is 1.52 bits per heavy atom. The number of carbonyl (C=O) groups is 1. The summed E-state index contributed by atoms with van der Waals surface area (Å²) >= 11 is 0. The lowest BCUT2D eigenvalue weighted by Gasteiger charge is -2.07. The molecule has 0 aromatic rings. The van der Waals surface area contributed by atoms with Gasteiger partial charge in [0.1, 0.15) is 0 Å². The number of rotatable bonds is 16. The SMILES string of the molecule is CCCCCCC(=O)NCCOCCOCCOCCO. The third-order valence-electron chi connectivity index (χ3n) is 2.81. The number of carbonyl (C=O) groups excluding carboxylic acids is 1. The topological polar surface area (TPSA) is 77.0 Å². The van der Waals surface area contributed by atoms with Crippen LogP contribution in [-0.2, 0) is 19.0 Å². The summed E-state index contributed by atoms with van der Waals surface area (Å²) < 4.78 is 15.6. The van der Waals surface area contributed by atoms with E-state index in [1.54, 1.807) is 0 Å². The van der Waals surface area contributed by atoms with E-state index in [0.29, 0.717) is 52.6 Å². The molecule has 6 nitrogen and oxygen atoms in total. The number of aliphatic hydroxyl groups is 1. The summed E-state index contributed by atoms with van der Waals surface area (Å²) in [5.74, 6) is 0.104. The highest BCUT2D eigenvalue weighted by Crippen LogP contribution is 2.01. The van der Waals surface area contributed by atoms with Crippen molar-refractivity contribution in [3.05, 3.63) is 0 Å². The van der Waals surface area contributed by atoms with Crippen molar-refractivity contribution in [3.63, 3.8) is 0 Å². The van der Waals surface area contributed by atoms with Gasteiger partial charge in [0.2, 0.25) is 5.91 Å². The van der Waals surface area contributed by atoms with Gasteiger partial charge >= 0.3 is 0 Å². The minimum absolute atomic E-state index is 0.0352. The highest BCUT2D eigenvalue weighted by atomic mass is 16.5. The van der Waals surface area contributed by atoms with Gasteiger partial charge in [0.25, 0.3) is 0 Å². The lowest BCUT2D eigenvalue weighted by Crippen LogP contribution is -2.27. The van der Waals surface area contributed by atoms with Gasteiger partial charge in [0.05, 0.1) is 46.2 Å². The van der Waals surface area contributed by atoms with Gasteiger partial charge in [-0.15, -0.1) is 0 Å². The molecule has 1 amide bonds. The van der Waals surface area contributed by atoms with Crippen LogP contribution < -0.4 is 5.32 Å². The third kappa shape index (κ3) is 17.3. The Morgan fingerprint density at radius 3 is 2.14 bits per heavy atom. The second kappa shape index (κ2) is 17.4. The molecule has 0 aromatic heterocycles. The van der Waals surface area contributed by atoms with E-state index in [-0.39, 0.29) is 12.5 Å². The Morgan fingerprint density at radius 1 is 0.905 bits per heavy atom. The number of aliphatic hydroxyl groups excluding tert-OH is 1. The Kier molecular flexibility index (Phi) is 16.8. The Labute approximate surface area is 128 Å². The fourth-order valence-corrected chi connectivity index (χ4v) is 1.67. The monoisotopic (exact) mass is 305 g/mol. The number of hydrogen-bond donors (Lipinski definition) is 2. The molecule has 0 saturated heterocycles. The van der Waals surface area contributed by atoms with Crippen molar-refractivity contribution < 1.29 is 24.1 Å². The zero-order chi connectivity index (χ0) is 15.6. The molecule has 0 unspecified atom stereocenters. The number of ether oxygens (including phenoxy) is 3. The first-order valence-corrected chi connectivity index (χ1v) is 7.92. The molecule has 2 N–H and O–H groups in total. The minimum atomic E-state index is 0.0352. The van der Waals surface area contributed by atoms with Crippen molar-refractivity contribution in [2.75, 3.05) is 52.8 Å². The van der Waals surface area contributed by atoms with Crippen molar-refractivity contribution in [3.8, 4) is 0 Å². The summed E-state index contributed by atoms with van der Waals surface area (Å²) in [5.41, 5.74) is 0. The fraction of sp³-hybridized carbons (Fsp3) is 0.933. The van der Waals surface area contributed by atoms with Crippen molar-refractivity contribution in [1.29, 1.82) is 0 Å². The van der Waals surface area contributed by atoms with Crippen LogP contribution in [0.4, 0.5) is 0 Å². The van der Waals surface area contributed by atoms with Crippen LogP contribution in [0.2, 0.25) is 0 Å². The fourth-order valence-electron chi connectivity index (χ4n) is 1.67. The van der Waals surface area contributed by atoms with Crippen LogP contribution in [0.15, 0.2) is 0 Å². The molecule has 0 bridgehead atoms. The molecule has 0 heterocycles. The minimum Gasteiger partial charge on any atom is -0.394 e. The first kappa shape index (κ1) is 20.3. The highest BCUT2D eigenvalue weighted by Gasteiger charge is 1.99. The van der Waals surface area contributed by atoms with Gasteiger partial charge in [-0.25, -0.2) is 0 Å². The predicted octanol–water partition coefficient (Wildman–Crippen LogP) is 1.12. The maximum Gasteiger partial charge on any atom is 0.220 e. The van der Waals surface area contributed by atoms with Crippen LogP contribution in [0.1, 0.15) is 39.0 Å². The Bertz CT molecular complexity index is 226. The molecule has 0 spiro atoms. The molecule has 0 aliphatic rings. The first-order valence-electron chi connectivity index (χ1n) is 7.92. The maximum atomic E-state index is 11.4. The second-order valence-electron chi connectivity index (χ2n) is 4.72. The first-order chi connectivity index (χ1) is 10.3. The summed E-state index contributed by atoms with van der Waals surface area (Å²) in [4.78, 5) is 11.4. The maximum absolute atomic E-state index is 11.4. The lowest BCUT2D eigenvalue weighted by atomic mass is 10.1. The van der Waals surface area contributed by atoms with Crippen LogP contribution in [0.5, 0.6) is 0 Å². The van der Waals surface area contributed by atoms with Crippen LogP contribution in [0.3, 0.4) is 0 Å². The molecule has 0 rings (SSSR count). The average molecular weight is 305 g/mol. The van der Waals surface area contributed by atoms with Gasteiger partial charge in [-0.1, -0.05) is 26.2 Å². The summed E-state index contributed by atoms with van der Waals surface area (Å²) in [6, 6.07) is 0. The van der Waals surface area contributed by atoms with Gasteiger partial charge in [0.15, 0.2) is 0 Å². The van der Waals surface area contributed by atoms with E-state index in [2.05, 4.69) is 12.2 Å². The normalized spacial score (nSPS) is 10.8. The second-order valence-corrected chi connectivity index (χ2v) is 4.72. The molecule has 0 aliphatic carbocycles. The van der Waals surface area contributed by atoms with Crippen molar-refractivity contribution in [1.82, 2.24) is 5.32 Å². The molecule has 126 valence electrons. The molecule has 0 fully saturated rings. The standard InChI is InChI=1S/C15H31NO5/c1-2-3-4-5-6-15(18)16-7-9-19-11-13-21-14-12-20-10-8-17/h17H,2-14H2,1H3,(H,16,18). The predicted molar refractivity (Wildman–Crippen MR) is 81.3 cm³/mol. The van der Waals surface area contributed by atoms with Crippen LogP contribution in [-0.4, -0.2) is 63.8 Å². The molecule has 21 heavy (non-hydrogen) atoms. The average Bonchev–Trinajstić information content (AvgIpc) is 2.49. The third-order valence-corrected chi connectivity index (χ3v) is 2.81. The Balaban J connectivity index is 3.09. The van der Waals surface area contributed by atoms with E-state index in [1.807, 2.05) is 0 Å². The number of nitrogens with one attached hydrogen (secondary N) is 1. The zero-order valence-electron chi connectivity index (χ0n) is 13.3. The van der Waals surface area contributed by atoms with Crippen molar-refractivity contribution >= 4 is 5.91 Å². The van der Waals surface area contributed by atoms with Crippen LogP contribution >= 0.6 is 0 Å². The van der Waals surface area contributed by atoms with E-state index < -0.39 is 0 Å².